The highest BCUT2D eigenvalue weighted by Gasteiger charge is 2.24. The van der Waals surface area contributed by atoms with Crippen molar-refractivity contribution in [3.63, 3.8) is 0 Å². The predicted octanol–water partition coefficient (Wildman–Crippen LogP) is 3.82. The molecule has 184 valence electrons. The van der Waals surface area contributed by atoms with Crippen LogP contribution in [-0.2, 0) is 13.0 Å². The molecule has 0 atom stereocenters. The van der Waals surface area contributed by atoms with Crippen LogP contribution in [0.2, 0.25) is 0 Å². The van der Waals surface area contributed by atoms with Gasteiger partial charge in [0.05, 0.1) is 29.7 Å². The summed E-state index contributed by atoms with van der Waals surface area (Å²) in [6.07, 6.45) is 11.0. The lowest BCUT2D eigenvalue weighted by Gasteiger charge is -2.22. The molecular weight excluding hydrogens is 451 g/mol. The molecule has 1 saturated carbocycles. The molecule has 1 N–H and O–H groups in total. The molecule has 5 rings (SSSR count). The van der Waals surface area contributed by atoms with E-state index in [2.05, 4.69) is 20.4 Å². The maximum absolute atomic E-state index is 15.4. The second kappa shape index (κ2) is 9.97. The molecule has 1 amide bonds. The summed E-state index contributed by atoms with van der Waals surface area (Å²) in [7, 11) is 0. The van der Waals surface area contributed by atoms with Gasteiger partial charge in [-0.05, 0) is 44.6 Å². The quantitative estimate of drug-likeness (QED) is 0.575. The second-order valence-electron chi connectivity index (χ2n) is 9.31. The summed E-state index contributed by atoms with van der Waals surface area (Å²) in [5.74, 6) is -0.0219. The van der Waals surface area contributed by atoms with E-state index in [-0.39, 0.29) is 22.7 Å². The van der Waals surface area contributed by atoms with Crippen molar-refractivity contribution in [3.05, 3.63) is 58.0 Å². The van der Waals surface area contributed by atoms with Crippen LogP contribution in [0.1, 0.15) is 66.8 Å². The Kier molecular flexibility index (Phi) is 6.61. The minimum absolute atomic E-state index is 0.0219. The summed E-state index contributed by atoms with van der Waals surface area (Å²) >= 11 is 0. The number of ether oxygens (including phenoxy) is 1. The third-order valence-electron chi connectivity index (χ3n) is 6.85. The fourth-order valence-electron chi connectivity index (χ4n) is 4.82. The van der Waals surface area contributed by atoms with Gasteiger partial charge >= 0.3 is 5.69 Å². The van der Waals surface area contributed by atoms with E-state index >= 15 is 4.39 Å². The first-order valence-electron chi connectivity index (χ1n) is 12.2. The Morgan fingerprint density at radius 1 is 1.20 bits per heavy atom. The van der Waals surface area contributed by atoms with E-state index in [4.69, 9.17) is 4.74 Å². The molecule has 0 unspecified atom stereocenters. The Morgan fingerprint density at radius 3 is 2.80 bits per heavy atom. The lowest BCUT2D eigenvalue weighted by molar-refractivity contribution is 0.102. The van der Waals surface area contributed by atoms with Crippen molar-refractivity contribution in [2.75, 3.05) is 11.9 Å². The van der Waals surface area contributed by atoms with Gasteiger partial charge in [-0.1, -0.05) is 19.3 Å². The molecule has 0 spiro atoms. The van der Waals surface area contributed by atoms with Gasteiger partial charge in [-0.25, -0.2) is 19.2 Å². The Bertz CT molecular complexity index is 1290. The van der Waals surface area contributed by atoms with Gasteiger partial charge in [0.2, 0.25) is 0 Å². The first kappa shape index (κ1) is 23.2. The van der Waals surface area contributed by atoms with Crippen LogP contribution >= 0.6 is 0 Å². The maximum Gasteiger partial charge on any atom is 0.350 e. The number of rotatable bonds is 6. The van der Waals surface area contributed by atoms with Gasteiger partial charge in [0.1, 0.15) is 29.4 Å². The maximum atomic E-state index is 15.4. The number of benzene rings is 1. The van der Waals surface area contributed by atoms with Gasteiger partial charge in [0.15, 0.2) is 0 Å². The number of carbonyl (C=O) groups is 1. The van der Waals surface area contributed by atoms with E-state index in [9.17, 15) is 9.59 Å². The SMILES string of the molecule is Cc1ncncc1NC(=O)c1cc(F)c(-n2nc3n(c2=O)CCCC3)cc1OCC1CCCCC1. The number of nitrogens with zero attached hydrogens (tertiary/aromatic N) is 5. The molecule has 10 heteroatoms. The first-order chi connectivity index (χ1) is 17.0. The van der Waals surface area contributed by atoms with E-state index in [1.807, 2.05) is 0 Å². The fraction of sp³-hybridized carbons (Fsp3) is 0.480. The molecule has 0 bridgehead atoms. The normalized spacial score (nSPS) is 16.1. The van der Waals surface area contributed by atoms with Gasteiger partial charge < -0.3 is 10.1 Å². The number of halogens is 1. The number of amides is 1. The third-order valence-corrected chi connectivity index (χ3v) is 6.85. The van der Waals surface area contributed by atoms with Crippen molar-refractivity contribution in [2.24, 2.45) is 5.92 Å². The van der Waals surface area contributed by atoms with Crippen molar-refractivity contribution in [1.82, 2.24) is 24.3 Å². The van der Waals surface area contributed by atoms with Crippen molar-refractivity contribution in [3.8, 4) is 11.4 Å². The van der Waals surface area contributed by atoms with Crippen LogP contribution in [0.5, 0.6) is 5.75 Å². The van der Waals surface area contributed by atoms with Crippen LogP contribution in [0, 0.1) is 18.7 Å². The summed E-state index contributed by atoms with van der Waals surface area (Å²) in [4.78, 5) is 34.1. The van der Waals surface area contributed by atoms with E-state index in [1.165, 1.54) is 25.0 Å². The van der Waals surface area contributed by atoms with Crippen LogP contribution in [0.25, 0.3) is 5.69 Å². The Labute approximate surface area is 202 Å². The molecule has 0 radical (unpaired) electrons. The van der Waals surface area contributed by atoms with Crippen LogP contribution in [0.3, 0.4) is 0 Å². The summed E-state index contributed by atoms with van der Waals surface area (Å²) in [5, 5.41) is 7.12. The largest absolute Gasteiger partial charge is 0.492 e. The number of aromatic nitrogens is 5. The molecule has 3 heterocycles. The topological polar surface area (TPSA) is 104 Å². The van der Waals surface area contributed by atoms with Crippen molar-refractivity contribution in [1.29, 1.82) is 0 Å². The molecule has 9 nitrogen and oxygen atoms in total. The number of carbonyl (C=O) groups excluding carboxylic acids is 1. The van der Waals surface area contributed by atoms with Gasteiger partial charge in [-0.3, -0.25) is 9.36 Å². The molecule has 3 aromatic rings. The molecular formula is C25H29FN6O3. The zero-order valence-corrected chi connectivity index (χ0v) is 19.8. The van der Waals surface area contributed by atoms with Crippen molar-refractivity contribution in [2.45, 2.75) is 64.8 Å². The minimum Gasteiger partial charge on any atom is -0.492 e. The molecule has 1 aliphatic heterocycles. The van der Waals surface area contributed by atoms with Crippen LogP contribution in [0.15, 0.2) is 29.5 Å². The highest BCUT2D eigenvalue weighted by Crippen LogP contribution is 2.29. The predicted molar refractivity (Wildman–Crippen MR) is 128 cm³/mol. The summed E-state index contributed by atoms with van der Waals surface area (Å²) in [6, 6.07) is 2.53. The average molecular weight is 481 g/mol. The number of fused-ring (bicyclic) bond motifs is 1. The molecule has 2 aliphatic rings. The fourth-order valence-corrected chi connectivity index (χ4v) is 4.82. The number of aryl methyl sites for hydroxylation is 2. The van der Waals surface area contributed by atoms with E-state index < -0.39 is 11.7 Å². The molecule has 35 heavy (non-hydrogen) atoms. The molecule has 2 aromatic heterocycles. The molecule has 1 aromatic carbocycles. The van der Waals surface area contributed by atoms with E-state index in [0.717, 1.165) is 49.3 Å². The molecule has 1 aliphatic carbocycles. The van der Waals surface area contributed by atoms with Crippen LogP contribution < -0.4 is 15.7 Å². The van der Waals surface area contributed by atoms with E-state index in [1.54, 1.807) is 11.5 Å². The number of nitrogens with one attached hydrogen (secondary N) is 1. The second-order valence-corrected chi connectivity index (χ2v) is 9.31. The van der Waals surface area contributed by atoms with Gasteiger partial charge in [0.25, 0.3) is 5.91 Å². The first-order valence-corrected chi connectivity index (χ1v) is 12.2. The highest BCUT2D eigenvalue weighted by atomic mass is 19.1. The highest BCUT2D eigenvalue weighted by molar-refractivity contribution is 6.06. The third kappa shape index (κ3) is 4.82. The van der Waals surface area contributed by atoms with Gasteiger partial charge in [-0.2, -0.15) is 4.68 Å². The lowest BCUT2D eigenvalue weighted by Crippen LogP contribution is -2.27. The monoisotopic (exact) mass is 480 g/mol. The zero-order valence-electron chi connectivity index (χ0n) is 19.8. The lowest BCUT2D eigenvalue weighted by atomic mass is 9.90. The number of anilines is 1. The van der Waals surface area contributed by atoms with Crippen molar-refractivity contribution >= 4 is 11.6 Å². The van der Waals surface area contributed by atoms with Crippen LogP contribution in [0.4, 0.5) is 10.1 Å². The van der Waals surface area contributed by atoms with Crippen molar-refractivity contribution < 1.29 is 13.9 Å². The number of hydrogen-bond donors (Lipinski definition) is 1. The molecule has 1 fully saturated rings. The van der Waals surface area contributed by atoms with E-state index in [0.29, 0.717) is 42.7 Å². The average Bonchev–Trinajstić information content (AvgIpc) is 3.21. The number of hydrogen-bond acceptors (Lipinski definition) is 6. The van der Waals surface area contributed by atoms with Crippen LogP contribution in [-0.4, -0.2) is 36.8 Å². The standard InChI is InChI=1S/C25H29FN6O3/c1-16-20(13-27-15-28-16)29-24(33)18-11-19(26)21(12-22(18)35-14-17-7-3-2-4-8-17)32-25(34)31-10-6-5-9-23(31)30-32/h11-13,15,17H,2-10,14H2,1H3,(H,29,33). The Balaban J connectivity index is 1.51. The molecule has 0 saturated heterocycles. The Morgan fingerprint density at radius 2 is 2.03 bits per heavy atom. The smallest absolute Gasteiger partial charge is 0.350 e. The minimum atomic E-state index is -0.723. The zero-order chi connectivity index (χ0) is 24.4. The van der Waals surface area contributed by atoms with Gasteiger partial charge in [0, 0.05) is 19.0 Å². The van der Waals surface area contributed by atoms with Gasteiger partial charge in [-0.15, -0.1) is 5.10 Å². The summed E-state index contributed by atoms with van der Waals surface area (Å²) in [5.41, 5.74) is 0.656. The summed E-state index contributed by atoms with van der Waals surface area (Å²) in [6.45, 7) is 2.74. The summed E-state index contributed by atoms with van der Waals surface area (Å²) < 4.78 is 24.2. The Hall–Kier alpha value is -3.56.